The van der Waals surface area contributed by atoms with E-state index >= 15 is 0 Å². The minimum absolute atomic E-state index is 0.0498. The van der Waals surface area contributed by atoms with Crippen LogP contribution in [0.5, 0.6) is 0 Å². The van der Waals surface area contributed by atoms with Crippen molar-refractivity contribution >= 4 is 23.8 Å². The van der Waals surface area contributed by atoms with Crippen molar-refractivity contribution in [2.24, 2.45) is 0 Å². The monoisotopic (exact) mass is 528 g/mol. The van der Waals surface area contributed by atoms with Gasteiger partial charge in [0.2, 0.25) is 0 Å². The summed E-state index contributed by atoms with van der Waals surface area (Å²) in [6.07, 6.45) is 7.39. The highest BCUT2D eigenvalue weighted by Crippen LogP contribution is 2.28. The number of nitrogens with one attached hydrogen (secondary N) is 2. The summed E-state index contributed by atoms with van der Waals surface area (Å²) in [6, 6.07) is 4.37. The van der Waals surface area contributed by atoms with Gasteiger partial charge in [-0.25, -0.2) is 9.78 Å². The van der Waals surface area contributed by atoms with E-state index in [2.05, 4.69) is 25.2 Å². The number of halogens is 3. The van der Waals surface area contributed by atoms with Crippen molar-refractivity contribution in [1.29, 1.82) is 0 Å². The maximum atomic E-state index is 12.5. The van der Waals surface area contributed by atoms with Gasteiger partial charge in [-0.05, 0) is 49.7 Å². The molecule has 14 heteroatoms. The van der Waals surface area contributed by atoms with E-state index in [0.29, 0.717) is 28.0 Å². The Labute approximate surface area is 214 Å². The van der Waals surface area contributed by atoms with Crippen LogP contribution >= 0.6 is 0 Å². The summed E-state index contributed by atoms with van der Waals surface area (Å²) in [5, 5.41) is 9.95. The molecule has 1 aliphatic rings. The van der Waals surface area contributed by atoms with Gasteiger partial charge >= 0.3 is 18.7 Å². The zero-order valence-electron chi connectivity index (χ0n) is 19.9. The Bertz CT molecular complexity index is 1450. The molecule has 0 aliphatic carbocycles. The number of carbonyl (C=O) groups excluding carboxylic acids is 2. The molecule has 0 aromatic carbocycles. The number of aromatic nitrogens is 5. The first-order valence-electron chi connectivity index (χ1n) is 11.8. The molecule has 0 unspecified atom stereocenters. The summed E-state index contributed by atoms with van der Waals surface area (Å²) in [5.74, 6) is 0. The normalized spacial score (nSPS) is 14.4. The third-order valence-corrected chi connectivity index (χ3v) is 6.16. The average Bonchev–Trinajstić information content (AvgIpc) is 3.58. The van der Waals surface area contributed by atoms with Gasteiger partial charge in [0.1, 0.15) is 17.9 Å². The van der Waals surface area contributed by atoms with Gasteiger partial charge in [0.25, 0.3) is 0 Å². The molecule has 1 saturated heterocycles. The number of carbonyl (C=O) groups is 2. The van der Waals surface area contributed by atoms with E-state index in [4.69, 9.17) is 0 Å². The number of nitrogens with zero attached hydrogens (tertiary/aromatic N) is 6. The molecule has 0 saturated carbocycles. The largest absolute Gasteiger partial charge is 0.405 e. The number of urea groups is 1. The molecule has 5 rings (SSSR count). The predicted molar refractivity (Wildman–Crippen MR) is 130 cm³/mol. The Kier molecular flexibility index (Phi) is 6.96. The standard InChI is InChI=1S/C24H23F3N8O3/c25-24(26,27)14-31-23(37)35(38-15-36)20-7-17(9-29-11-20)21-12-30-22-8-16(3-6-33(21)22)18-10-32-34(13-18)19-1-4-28-5-2-19/h3,6-13,15,19,28H,1-2,4-5,14H2,(H,31,37). The average molecular weight is 528 g/mol. The summed E-state index contributed by atoms with van der Waals surface area (Å²) in [7, 11) is 0. The first kappa shape index (κ1) is 25.2. The molecular formula is C24H23F3N8O3. The van der Waals surface area contributed by atoms with Gasteiger partial charge in [-0.2, -0.15) is 18.3 Å². The Balaban J connectivity index is 1.39. The molecule has 0 atom stereocenters. The van der Waals surface area contributed by atoms with Crippen molar-refractivity contribution in [3.8, 4) is 22.4 Å². The number of anilines is 1. The minimum atomic E-state index is -4.63. The molecular weight excluding hydrogens is 505 g/mol. The van der Waals surface area contributed by atoms with Gasteiger partial charge in [-0.1, -0.05) is 0 Å². The van der Waals surface area contributed by atoms with Crippen molar-refractivity contribution in [2.75, 3.05) is 24.7 Å². The molecule has 38 heavy (non-hydrogen) atoms. The second-order valence-corrected chi connectivity index (χ2v) is 8.68. The van der Waals surface area contributed by atoms with Crippen LogP contribution in [0.3, 0.4) is 0 Å². The number of hydrogen-bond donors (Lipinski definition) is 2. The molecule has 2 N–H and O–H groups in total. The third kappa shape index (κ3) is 5.44. The van der Waals surface area contributed by atoms with Crippen molar-refractivity contribution < 1.29 is 27.6 Å². The lowest BCUT2D eigenvalue weighted by Crippen LogP contribution is -2.43. The van der Waals surface area contributed by atoms with E-state index < -0.39 is 18.8 Å². The molecule has 0 radical (unpaired) electrons. The van der Waals surface area contributed by atoms with Gasteiger partial charge < -0.3 is 15.5 Å². The van der Waals surface area contributed by atoms with E-state index in [1.165, 1.54) is 18.5 Å². The molecule has 1 fully saturated rings. The molecule has 4 aromatic rings. The smallest absolute Gasteiger partial charge is 0.335 e. The van der Waals surface area contributed by atoms with Crippen LogP contribution in [0.25, 0.3) is 28.0 Å². The number of hydroxylamine groups is 1. The van der Waals surface area contributed by atoms with E-state index in [9.17, 15) is 22.8 Å². The third-order valence-electron chi connectivity index (χ3n) is 6.16. The number of fused-ring (bicyclic) bond motifs is 1. The summed E-state index contributed by atoms with van der Waals surface area (Å²) in [5.41, 5.74) is 3.59. The molecule has 4 aromatic heterocycles. The molecule has 0 spiro atoms. The molecule has 198 valence electrons. The fourth-order valence-electron chi connectivity index (χ4n) is 4.33. The van der Waals surface area contributed by atoms with Gasteiger partial charge in [0.05, 0.1) is 30.3 Å². The van der Waals surface area contributed by atoms with Crippen LogP contribution in [-0.4, -0.2) is 62.5 Å². The molecule has 11 nitrogen and oxygen atoms in total. The first-order valence-corrected chi connectivity index (χ1v) is 11.8. The lowest BCUT2D eigenvalue weighted by Gasteiger charge is -2.22. The Hall–Kier alpha value is -4.46. The lowest BCUT2D eigenvalue weighted by atomic mass is 10.1. The van der Waals surface area contributed by atoms with Crippen molar-refractivity contribution in [2.45, 2.75) is 25.1 Å². The van der Waals surface area contributed by atoms with Crippen LogP contribution in [0.15, 0.2) is 55.4 Å². The van der Waals surface area contributed by atoms with Crippen LogP contribution in [0.1, 0.15) is 18.9 Å². The second kappa shape index (κ2) is 10.5. The number of alkyl halides is 3. The number of hydrogen-bond acceptors (Lipinski definition) is 7. The van der Waals surface area contributed by atoms with Gasteiger partial charge in [-0.15, -0.1) is 5.06 Å². The highest BCUT2D eigenvalue weighted by Gasteiger charge is 2.30. The maximum absolute atomic E-state index is 12.5. The summed E-state index contributed by atoms with van der Waals surface area (Å²) in [6.45, 7) is 0.277. The topological polar surface area (TPSA) is 119 Å². The fourth-order valence-corrected chi connectivity index (χ4v) is 4.33. The summed E-state index contributed by atoms with van der Waals surface area (Å²) in [4.78, 5) is 36.3. The lowest BCUT2D eigenvalue weighted by molar-refractivity contribution is -0.129. The number of imidazole rings is 1. The SMILES string of the molecule is O=CON(C(=O)NCC(F)(F)F)c1cncc(-c2cnc3cc(-c4cnn(C5CCNCC5)c4)ccn23)c1. The summed E-state index contributed by atoms with van der Waals surface area (Å²) < 4.78 is 41.4. The van der Waals surface area contributed by atoms with Crippen LogP contribution in [-0.2, 0) is 9.63 Å². The van der Waals surface area contributed by atoms with Crippen molar-refractivity contribution in [1.82, 2.24) is 34.8 Å². The van der Waals surface area contributed by atoms with Crippen LogP contribution < -0.4 is 15.7 Å². The van der Waals surface area contributed by atoms with E-state index in [1.54, 1.807) is 15.9 Å². The number of pyridine rings is 2. The van der Waals surface area contributed by atoms with Crippen LogP contribution in [0.4, 0.5) is 23.7 Å². The highest BCUT2D eigenvalue weighted by molar-refractivity contribution is 5.91. The molecule has 0 bridgehead atoms. The van der Waals surface area contributed by atoms with E-state index in [0.717, 1.165) is 37.1 Å². The second-order valence-electron chi connectivity index (χ2n) is 8.68. The maximum Gasteiger partial charge on any atom is 0.405 e. The fraction of sp³-hybridized carbons (Fsp3) is 0.292. The van der Waals surface area contributed by atoms with Crippen molar-refractivity contribution in [3.63, 3.8) is 0 Å². The minimum Gasteiger partial charge on any atom is -0.335 e. The zero-order chi connectivity index (χ0) is 26.7. The van der Waals surface area contributed by atoms with Crippen LogP contribution in [0, 0.1) is 0 Å². The molecule has 1 aliphatic heterocycles. The quantitative estimate of drug-likeness (QED) is 0.279. The summed E-state index contributed by atoms with van der Waals surface area (Å²) >= 11 is 0. The first-order chi connectivity index (χ1) is 18.3. The van der Waals surface area contributed by atoms with Gasteiger partial charge in [-0.3, -0.25) is 18.9 Å². The number of rotatable bonds is 7. The van der Waals surface area contributed by atoms with E-state index in [-0.39, 0.29) is 12.2 Å². The van der Waals surface area contributed by atoms with Gasteiger partial charge in [0.15, 0.2) is 0 Å². The molecule has 5 heterocycles. The van der Waals surface area contributed by atoms with E-state index in [1.807, 2.05) is 35.4 Å². The molecule has 2 amide bonds. The van der Waals surface area contributed by atoms with Crippen LogP contribution in [0.2, 0.25) is 0 Å². The Morgan fingerprint density at radius 3 is 2.74 bits per heavy atom. The zero-order valence-corrected chi connectivity index (χ0v) is 19.9. The predicted octanol–water partition coefficient (Wildman–Crippen LogP) is 3.35. The van der Waals surface area contributed by atoms with Gasteiger partial charge in [0, 0.05) is 29.7 Å². The Morgan fingerprint density at radius 2 is 1.97 bits per heavy atom. The Morgan fingerprint density at radius 1 is 1.16 bits per heavy atom. The van der Waals surface area contributed by atoms with Crippen molar-refractivity contribution in [3.05, 3.63) is 55.4 Å². The number of piperidine rings is 1. The number of amides is 2. The highest BCUT2D eigenvalue weighted by atomic mass is 19.4.